The molecule has 1 saturated carbocycles. The third-order valence-corrected chi connectivity index (χ3v) is 12.3. The number of hydrogen-bond acceptors (Lipinski definition) is 1. The molecule has 7 aromatic rings. The lowest BCUT2D eigenvalue weighted by molar-refractivity contribution is 0.0802. The maximum Gasteiger partial charge on any atom is 0.115 e. The van der Waals surface area contributed by atoms with Gasteiger partial charge in [-0.1, -0.05) is 108 Å². The summed E-state index contributed by atoms with van der Waals surface area (Å²) in [4.78, 5) is 4.90. The van der Waals surface area contributed by atoms with Gasteiger partial charge in [-0.3, -0.25) is 4.98 Å². The van der Waals surface area contributed by atoms with Crippen molar-refractivity contribution in [2.45, 2.75) is 78.3 Å². The van der Waals surface area contributed by atoms with Crippen LogP contribution in [0.1, 0.15) is 78.9 Å². The van der Waals surface area contributed by atoms with E-state index < -0.39 is 0 Å². The summed E-state index contributed by atoms with van der Waals surface area (Å²) in [5.74, 6) is 0. The molecule has 234 valence electrons. The van der Waals surface area contributed by atoms with Crippen molar-refractivity contribution in [3.8, 4) is 11.3 Å². The van der Waals surface area contributed by atoms with Gasteiger partial charge >= 0.3 is 0 Å². The number of hydrogen-bond donors (Lipinski definition) is 0. The van der Waals surface area contributed by atoms with Crippen molar-refractivity contribution in [2.24, 2.45) is 16.2 Å². The Morgan fingerprint density at radius 2 is 1.32 bits per heavy atom. The number of benzene rings is 4. The summed E-state index contributed by atoms with van der Waals surface area (Å²) >= 11 is 0. The quantitative estimate of drug-likeness (QED) is 0.183. The van der Waals surface area contributed by atoms with Crippen LogP contribution in [0.3, 0.4) is 0 Å². The molecule has 0 N–H and O–H groups in total. The van der Waals surface area contributed by atoms with Crippen LogP contribution in [-0.2, 0) is 10.5 Å². The molecule has 0 atom stereocenters. The summed E-state index contributed by atoms with van der Waals surface area (Å²) in [5.41, 5.74) is 9.74. The molecule has 3 aromatic heterocycles. The molecule has 5 heteroatoms. The second-order valence-corrected chi connectivity index (χ2v) is 18.4. The first-order valence-electron chi connectivity index (χ1n) is 17.6. The van der Waals surface area contributed by atoms with Crippen molar-refractivity contribution in [3.63, 3.8) is 0 Å². The van der Waals surface area contributed by atoms with Gasteiger partial charge < -0.3 is 4.40 Å². The van der Waals surface area contributed by atoms with E-state index in [9.17, 15) is 0 Å². The minimum atomic E-state index is 0.0130. The van der Waals surface area contributed by atoms with Gasteiger partial charge in [0.25, 0.3) is 0 Å². The zero-order valence-electron chi connectivity index (χ0n) is 30.1. The van der Waals surface area contributed by atoms with Crippen LogP contribution in [0.4, 0.5) is 0 Å². The van der Waals surface area contributed by atoms with Gasteiger partial charge in [0.05, 0.1) is 22.2 Å². The standard InChI is InChI=1S/C42H47B3N2/c1-38(2,3)42(44,45)28-17-18-46-34(21-28)26-12-11-25-13-15-31-29-9-8-10-30-33-20-27(41(43)23-39(4,5)22-40(6,7)24-41)14-16-35(33)47(36(29)30)37(31)32(25)19-26/h8-21H,22-24,43-45H2,1-7H3. The largest absolute Gasteiger partial charge is 0.307 e. The molecule has 2 nitrogen and oxygen atoms in total. The monoisotopic (exact) mass is 612 g/mol. The number of para-hydroxylation sites is 1. The highest BCUT2D eigenvalue weighted by Gasteiger charge is 2.45. The van der Waals surface area contributed by atoms with Crippen LogP contribution < -0.4 is 0 Å². The molecule has 47 heavy (non-hydrogen) atoms. The second-order valence-electron chi connectivity index (χ2n) is 18.4. The van der Waals surface area contributed by atoms with Crippen LogP contribution in [0.25, 0.3) is 60.1 Å². The molecule has 4 aromatic carbocycles. The number of fused-ring (bicyclic) bond motifs is 8. The molecule has 3 heterocycles. The van der Waals surface area contributed by atoms with E-state index in [1.807, 2.05) is 6.20 Å². The van der Waals surface area contributed by atoms with Crippen LogP contribution in [-0.4, -0.2) is 32.9 Å². The summed E-state index contributed by atoms with van der Waals surface area (Å²) in [6.45, 7) is 16.8. The molecule has 0 unspecified atom stereocenters. The topological polar surface area (TPSA) is 17.3 Å². The molecule has 0 bridgehead atoms. The minimum absolute atomic E-state index is 0.0130. The van der Waals surface area contributed by atoms with Crippen LogP contribution in [0.2, 0.25) is 0 Å². The second kappa shape index (κ2) is 9.68. The molecule has 1 aliphatic rings. The molecule has 1 aliphatic carbocycles. The minimum Gasteiger partial charge on any atom is -0.307 e. The average molecular weight is 612 g/mol. The summed E-state index contributed by atoms with van der Waals surface area (Å²) in [5, 5.41) is 8.09. The van der Waals surface area contributed by atoms with Gasteiger partial charge in [-0.25, -0.2) is 0 Å². The van der Waals surface area contributed by atoms with Gasteiger partial charge in [0.2, 0.25) is 0 Å². The van der Waals surface area contributed by atoms with Crippen molar-refractivity contribution in [2.75, 3.05) is 0 Å². The highest BCUT2D eigenvalue weighted by Crippen LogP contribution is 2.54. The van der Waals surface area contributed by atoms with Crippen molar-refractivity contribution in [3.05, 3.63) is 96.2 Å². The molecular weight excluding hydrogens is 565 g/mol. The Labute approximate surface area is 282 Å². The van der Waals surface area contributed by atoms with Crippen molar-refractivity contribution in [1.82, 2.24) is 9.38 Å². The summed E-state index contributed by atoms with van der Waals surface area (Å²) in [6, 6.07) is 30.4. The third-order valence-electron chi connectivity index (χ3n) is 12.3. The fourth-order valence-corrected chi connectivity index (χ4v) is 10.0. The Morgan fingerprint density at radius 1 is 0.681 bits per heavy atom. The predicted molar refractivity (Wildman–Crippen MR) is 212 cm³/mol. The maximum atomic E-state index is 4.90. The smallest absolute Gasteiger partial charge is 0.115 e. The fraction of sp³-hybridized carbons (Fsp3) is 0.357. The Balaban J connectivity index is 1.36. The van der Waals surface area contributed by atoms with E-state index in [4.69, 9.17) is 4.98 Å². The first-order chi connectivity index (χ1) is 22.0. The normalized spacial score (nSPS) is 18.2. The highest BCUT2D eigenvalue weighted by molar-refractivity contribution is 6.40. The molecule has 0 aliphatic heterocycles. The van der Waals surface area contributed by atoms with E-state index in [0.717, 1.165) is 5.69 Å². The molecule has 8 rings (SSSR count). The van der Waals surface area contributed by atoms with Crippen LogP contribution in [0, 0.1) is 16.2 Å². The van der Waals surface area contributed by atoms with Crippen LogP contribution in [0.15, 0.2) is 85.1 Å². The SMILES string of the molecule is BC1(c2ccc3c(c2)c2cccc4c5ccc6ccc(-c7cc(C(B)(B)C(C)(C)C)ccn7)cc6c5n3c24)CC(C)(C)CC(C)(C)C1. The molecule has 1 fully saturated rings. The van der Waals surface area contributed by atoms with Gasteiger partial charge in [-0.2, -0.15) is 0 Å². The lowest BCUT2D eigenvalue weighted by Gasteiger charge is -2.51. The Kier molecular flexibility index (Phi) is 6.30. The number of pyridine rings is 1. The van der Waals surface area contributed by atoms with Gasteiger partial charge in [0.15, 0.2) is 0 Å². The summed E-state index contributed by atoms with van der Waals surface area (Å²) in [7, 11) is 7.21. The Bertz CT molecular complexity index is 2350. The van der Waals surface area contributed by atoms with E-state index in [1.165, 1.54) is 84.8 Å². The summed E-state index contributed by atoms with van der Waals surface area (Å²) in [6.07, 6.45) is 5.71. The van der Waals surface area contributed by atoms with E-state index in [0.29, 0.717) is 10.8 Å². The van der Waals surface area contributed by atoms with Crippen molar-refractivity contribution in [1.29, 1.82) is 0 Å². The van der Waals surface area contributed by atoms with E-state index in [1.54, 1.807) is 0 Å². The predicted octanol–water partition coefficient (Wildman–Crippen LogP) is 8.58. The Morgan fingerprint density at radius 3 is 2.02 bits per heavy atom. The highest BCUT2D eigenvalue weighted by atomic mass is 14.9. The van der Waals surface area contributed by atoms with E-state index >= 15 is 0 Å². The lowest BCUT2D eigenvalue weighted by atomic mass is 9.41. The first kappa shape index (κ1) is 30.6. The lowest BCUT2D eigenvalue weighted by Crippen LogP contribution is -2.44. The van der Waals surface area contributed by atoms with Gasteiger partial charge in [-0.05, 0) is 82.1 Å². The Hall–Kier alpha value is -3.72. The fourth-order valence-electron chi connectivity index (χ4n) is 10.0. The molecule has 0 saturated heterocycles. The van der Waals surface area contributed by atoms with Crippen molar-refractivity contribution < 1.29 is 0 Å². The zero-order chi connectivity index (χ0) is 33.3. The first-order valence-corrected chi connectivity index (χ1v) is 17.6. The van der Waals surface area contributed by atoms with Crippen molar-refractivity contribution >= 4 is 72.4 Å². The van der Waals surface area contributed by atoms with E-state index in [2.05, 4.69) is 155 Å². The summed E-state index contributed by atoms with van der Waals surface area (Å²) < 4.78 is 2.56. The number of nitrogens with zero attached hydrogens (tertiary/aromatic N) is 2. The number of aromatic nitrogens is 2. The van der Waals surface area contributed by atoms with Crippen LogP contribution in [0.5, 0.6) is 0 Å². The zero-order valence-corrected chi connectivity index (χ0v) is 30.1. The molecular formula is C42H47B3N2. The third kappa shape index (κ3) is 4.59. The maximum absolute atomic E-state index is 4.90. The molecule has 0 spiro atoms. The van der Waals surface area contributed by atoms with Gasteiger partial charge in [-0.15, -0.1) is 0 Å². The van der Waals surface area contributed by atoms with E-state index in [-0.39, 0.29) is 15.9 Å². The average Bonchev–Trinajstić information content (AvgIpc) is 3.50. The molecule has 0 radical (unpaired) electrons. The van der Waals surface area contributed by atoms with Gasteiger partial charge in [0.1, 0.15) is 23.5 Å². The number of rotatable bonds is 3. The van der Waals surface area contributed by atoms with Crippen LogP contribution >= 0.6 is 0 Å². The molecule has 0 amide bonds. The van der Waals surface area contributed by atoms with Gasteiger partial charge in [0, 0.05) is 38.7 Å².